The van der Waals surface area contributed by atoms with E-state index in [2.05, 4.69) is 6.26 Å². The molecular formula is C3H7BrCuS2. The molecule has 0 saturated heterocycles. The Kier molecular flexibility index (Phi) is 17.5. The van der Waals surface area contributed by atoms with Crippen LogP contribution < -0.4 is 17.0 Å². The molecule has 0 radical (unpaired) electrons. The molecule has 0 aromatic carbocycles. The third-order valence-corrected chi connectivity index (χ3v) is 2.12. The van der Waals surface area contributed by atoms with Gasteiger partial charge in [0.15, 0.2) is 0 Å². The van der Waals surface area contributed by atoms with E-state index in [9.17, 15) is 0 Å². The molecule has 49 valence electrons. The number of halogens is 1. The maximum absolute atomic E-state index is 4.75. The number of rotatable bonds is 3. The van der Waals surface area contributed by atoms with Crippen LogP contribution in [0.25, 0.3) is 0 Å². The second-order valence-corrected chi connectivity index (χ2v) is 3.17. The van der Waals surface area contributed by atoms with Gasteiger partial charge in [-0.05, 0) is 0 Å². The first-order chi connectivity index (χ1) is 2.91. The van der Waals surface area contributed by atoms with E-state index in [-0.39, 0.29) is 17.0 Å². The molecule has 0 aliphatic rings. The summed E-state index contributed by atoms with van der Waals surface area (Å²) in [5, 5.41) is 0. The van der Waals surface area contributed by atoms with Crippen LogP contribution in [0.5, 0.6) is 0 Å². The van der Waals surface area contributed by atoms with Crippen LogP contribution in [0.2, 0.25) is 0 Å². The molecular weight excluding hydrogens is 244 g/mol. The summed E-state index contributed by atoms with van der Waals surface area (Å²) in [7, 11) is 1.47. The van der Waals surface area contributed by atoms with Crippen LogP contribution in [0, 0.1) is 0 Å². The monoisotopic (exact) mass is 249 g/mol. The Morgan fingerprint density at radius 3 is 2.14 bits per heavy atom. The summed E-state index contributed by atoms with van der Waals surface area (Å²) in [6.07, 6.45) is 2.09. The normalized spacial score (nSPS) is 7.86. The number of hydrogen-bond donors (Lipinski definition) is 0. The Morgan fingerprint density at radius 2 is 2.00 bits per heavy atom. The van der Waals surface area contributed by atoms with Gasteiger partial charge in [0.25, 0.3) is 0 Å². The van der Waals surface area contributed by atoms with Crippen molar-refractivity contribution >= 4 is 21.9 Å². The number of hydrogen-bond acceptors (Lipinski definition) is 2. The summed E-state index contributed by atoms with van der Waals surface area (Å²) >= 11 is 6.58. The average Bonchev–Trinajstić information content (AvgIpc) is 1.61. The summed E-state index contributed by atoms with van der Waals surface area (Å²) in [5.74, 6) is 2.28. The van der Waals surface area contributed by atoms with E-state index in [4.69, 9.17) is 14.9 Å². The average molecular weight is 251 g/mol. The first kappa shape index (κ1) is 11.5. The van der Waals surface area contributed by atoms with Gasteiger partial charge in [-0.1, -0.05) is 0 Å². The van der Waals surface area contributed by atoms with E-state index in [1.807, 2.05) is 11.8 Å². The van der Waals surface area contributed by atoms with Gasteiger partial charge >= 0.3 is 54.6 Å². The second-order valence-electron chi connectivity index (χ2n) is 0.784. The van der Waals surface area contributed by atoms with Crippen molar-refractivity contribution in [1.82, 2.24) is 0 Å². The molecule has 0 aliphatic carbocycles. The molecule has 0 aromatic rings. The van der Waals surface area contributed by atoms with Gasteiger partial charge in [0.2, 0.25) is 0 Å². The molecule has 0 unspecified atom stereocenters. The van der Waals surface area contributed by atoms with Gasteiger partial charge < -0.3 is 17.0 Å². The maximum Gasteiger partial charge on any atom is -1.00 e. The van der Waals surface area contributed by atoms with E-state index in [1.54, 1.807) is 0 Å². The molecule has 0 amide bonds. The van der Waals surface area contributed by atoms with Crippen molar-refractivity contribution < 1.29 is 31.9 Å². The zero-order valence-corrected chi connectivity index (χ0v) is 8.07. The summed E-state index contributed by atoms with van der Waals surface area (Å²) in [6.45, 7) is 0. The van der Waals surface area contributed by atoms with E-state index in [1.165, 1.54) is 15.9 Å². The summed E-state index contributed by atoms with van der Waals surface area (Å²) in [5.41, 5.74) is 0. The smallest absolute Gasteiger partial charge is 1.00 e. The minimum Gasteiger partial charge on any atom is -1.00 e. The SMILES string of the molecule is CSCC[S][Cu+].[Br-]. The second kappa shape index (κ2) is 10.6. The fourth-order valence-corrected chi connectivity index (χ4v) is 1.68. The zero-order valence-electron chi connectivity index (χ0n) is 3.91. The third kappa shape index (κ3) is 11.3. The predicted octanol–water partition coefficient (Wildman–Crippen LogP) is -1.45. The molecule has 0 heterocycles. The molecule has 0 rings (SSSR count). The van der Waals surface area contributed by atoms with E-state index >= 15 is 0 Å². The Bertz CT molecular complexity index is 24.9. The molecule has 0 N–H and O–H groups in total. The maximum atomic E-state index is 4.75. The van der Waals surface area contributed by atoms with Crippen LogP contribution in [-0.4, -0.2) is 17.8 Å². The van der Waals surface area contributed by atoms with Crippen molar-refractivity contribution in [3.63, 3.8) is 0 Å². The fraction of sp³-hybridized carbons (Fsp3) is 1.00. The first-order valence-electron chi connectivity index (χ1n) is 1.61. The quantitative estimate of drug-likeness (QED) is 0.444. The van der Waals surface area contributed by atoms with Crippen molar-refractivity contribution in [2.24, 2.45) is 0 Å². The van der Waals surface area contributed by atoms with Gasteiger partial charge in [-0.3, -0.25) is 0 Å². The molecule has 0 nitrogen and oxygen atoms in total. The van der Waals surface area contributed by atoms with E-state index in [0.29, 0.717) is 0 Å². The minimum absolute atomic E-state index is 0. The van der Waals surface area contributed by atoms with Gasteiger partial charge in [-0.25, -0.2) is 0 Å². The molecule has 0 atom stereocenters. The van der Waals surface area contributed by atoms with Gasteiger partial charge in [0, 0.05) is 0 Å². The first-order valence-corrected chi connectivity index (χ1v) is 4.98. The summed E-state index contributed by atoms with van der Waals surface area (Å²) in [6, 6.07) is 0. The molecule has 0 bridgehead atoms. The topological polar surface area (TPSA) is 0 Å². The minimum atomic E-state index is 0. The van der Waals surface area contributed by atoms with Crippen molar-refractivity contribution in [2.45, 2.75) is 0 Å². The Labute approximate surface area is 71.2 Å². The Balaban J connectivity index is 0. The van der Waals surface area contributed by atoms with Gasteiger partial charge in [0.05, 0.1) is 0 Å². The standard InChI is InChI=1S/C3H8S2.BrH.Cu/c1-5-3-2-4;;/h4H,2-3H2,1H3;1H;/q;;+2/p-2. The third-order valence-electron chi connectivity index (χ3n) is 0.349. The molecule has 7 heavy (non-hydrogen) atoms. The fourth-order valence-electron chi connectivity index (χ4n) is 0.108. The van der Waals surface area contributed by atoms with Crippen LogP contribution in [0.4, 0.5) is 0 Å². The molecule has 0 spiro atoms. The Morgan fingerprint density at radius 1 is 1.43 bits per heavy atom. The molecule has 0 aliphatic heterocycles. The van der Waals surface area contributed by atoms with Crippen LogP contribution in [0.1, 0.15) is 0 Å². The zero-order chi connectivity index (χ0) is 4.83. The van der Waals surface area contributed by atoms with Crippen molar-refractivity contribution in [3.8, 4) is 0 Å². The largest absolute Gasteiger partial charge is 1.00 e. The molecule has 0 fully saturated rings. The molecule has 0 aromatic heterocycles. The van der Waals surface area contributed by atoms with Gasteiger partial charge in [-0.15, -0.1) is 0 Å². The van der Waals surface area contributed by atoms with Crippen LogP contribution in [0.15, 0.2) is 0 Å². The summed E-state index contributed by atoms with van der Waals surface area (Å²) < 4.78 is 0. The Hall–Kier alpha value is 1.70. The summed E-state index contributed by atoms with van der Waals surface area (Å²) in [4.78, 5) is 0. The van der Waals surface area contributed by atoms with Crippen molar-refractivity contribution in [1.29, 1.82) is 0 Å². The van der Waals surface area contributed by atoms with E-state index in [0.717, 1.165) is 5.75 Å². The molecule has 0 saturated carbocycles. The van der Waals surface area contributed by atoms with Crippen molar-refractivity contribution in [3.05, 3.63) is 0 Å². The van der Waals surface area contributed by atoms with Crippen molar-refractivity contribution in [2.75, 3.05) is 17.8 Å². The molecule has 4 heteroatoms. The van der Waals surface area contributed by atoms with E-state index < -0.39 is 0 Å². The van der Waals surface area contributed by atoms with Gasteiger partial charge in [0.1, 0.15) is 0 Å². The van der Waals surface area contributed by atoms with Crippen LogP contribution >= 0.6 is 21.9 Å². The number of thioether (sulfide) groups is 1. The predicted molar refractivity (Wildman–Crippen MR) is 30.8 cm³/mol. The van der Waals surface area contributed by atoms with Crippen LogP contribution in [0.3, 0.4) is 0 Å². The van der Waals surface area contributed by atoms with Gasteiger partial charge in [-0.2, -0.15) is 0 Å². The van der Waals surface area contributed by atoms with Crippen LogP contribution in [-0.2, 0) is 14.9 Å².